The second-order valence-corrected chi connectivity index (χ2v) is 10.5. The van der Waals surface area contributed by atoms with E-state index >= 15 is 0 Å². The Hall–Kier alpha value is -3.19. The first kappa shape index (κ1) is 23.5. The van der Waals surface area contributed by atoms with Crippen LogP contribution in [-0.2, 0) is 4.79 Å². The Morgan fingerprint density at radius 1 is 1.14 bits per heavy atom. The third-order valence-corrected chi connectivity index (χ3v) is 7.47. The molecule has 7 nitrogen and oxygen atoms in total. The van der Waals surface area contributed by atoms with Gasteiger partial charge in [0, 0.05) is 30.6 Å². The molecule has 0 bridgehead atoms. The summed E-state index contributed by atoms with van der Waals surface area (Å²) in [6.07, 6.45) is 2.17. The van der Waals surface area contributed by atoms with E-state index in [2.05, 4.69) is 71.1 Å². The van der Waals surface area contributed by atoms with Crippen molar-refractivity contribution in [3.05, 3.63) is 53.0 Å². The summed E-state index contributed by atoms with van der Waals surface area (Å²) in [6.45, 7) is 11.0. The first-order valence-corrected chi connectivity index (χ1v) is 12.6. The molecule has 5 rings (SSSR count). The van der Waals surface area contributed by atoms with Crippen molar-refractivity contribution in [3.8, 4) is 11.3 Å². The van der Waals surface area contributed by atoms with Crippen LogP contribution in [-0.4, -0.2) is 69.0 Å². The molecule has 1 N–H and O–H groups in total. The maximum absolute atomic E-state index is 12.1. The fourth-order valence-electron chi connectivity index (χ4n) is 5.50. The van der Waals surface area contributed by atoms with E-state index in [1.54, 1.807) is 4.90 Å². The van der Waals surface area contributed by atoms with Gasteiger partial charge in [0.25, 0.3) is 0 Å². The van der Waals surface area contributed by atoms with Crippen molar-refractivity contribution in [1.82, 2.24) is 29.4 Å². The molecule has 4 heterocycles. The summed E-state index contributed by atoms with van der Waals surface area (Å²) in [7, 11) is 3.66. The number of rotatable bonds is 5. The molecular weight excluding hydrogens is 436 g/mol. The van der Waals surface area contributed by atoms with Crippen molar-refractivity contribution in [1.29, 1.82) is 0 Å². The average Bonchev–Trinajstić information content (AvgIpc) is 3.39. The highest BCUT2D eigenvalue weighted by molar-refractivity contribution is 5.92. The van der Waals surface area contributed by atoms with Gasteiger partial charge in [-0.3, -0.25) is 9.69 Å². The van der Waals surface area contributed by atoms with Crippen molar-refractivity contribution in [2.24, 2.45) is 0 Å². The summed E-state index contributed by atoms with van der Waals surface area (Å²) < 4.78 is 1.94. The number of H-pyrrole nitrogens is 1. The Morgan fingerprint density at radius 3 is 2.57 bits per heavy atom. The molecule has 1 aliphatic rings. The minimum Gasteiger partial charge on any atom is -0.354 e. The number of amides is 1. The lowest BCUT2D eigenvalue weighted by Crippen LogP contribution is -2.40. The molecular formula is C28H36N6O. The SMILES string of the molecule is Cc1nc2ccc(-c3[nH]c4ccc(C5CCN(CC(=O)N(C)C)CC5)cc4c3C(C)C)c(C)n2n1. The standard InChI is InChI=1S/C28H36N6O/c1-17(2)27-23-15-21(20-11-13-33(14-12-20)16-26(35)32(5)6)7-9-24(23)30-28(27)22-8-10-25-29-19(4)31-34(25)18(22)3/h7-10,15,17,20,30H,11-14,16H2,1-6H3. The molecule has 0 spiro atoms. The van der Waals surface area contributed by atoms with Crippen LogP contribution in [0.5, 0.6) is 0 Å². The second-order valence-electron chi connectivity index (χ2n) is 10.5. The molecule has 4 aromatic rings. The van der Waals surface area contributed by atoms with Crippen molar-refractivity contribution in [2.75, 3.05) is 33.7 Å². The van der Waals surface area contributed by atoms with Gasteiger partial charge in [0.05, 0.1) is 17.9 Å². The number of aryl methyl sites for hydroxylation is 2. The van der Waals surface area contributed by atoms with E-state index in [0.29, 0.717) is 18.4 Å². The van der Waals surface area contributed by atoms with E-state index in [0.717, 1.165) is 43.1 Å². The molecule has 3 aromatic heterocycles. The minimum absolute atomic E-state index is 0.181. The first-order chi connectivity index (χ1) is 16.7. The monoisotopic (exact) mass is 472 g/mol. The Bertz CT molecular complexity index is 1390. The number of carbonyl (C=O) groups is 1. The number of likely N-dealkylation sites (tertiary alicyclic amines) is 1. The van der Waals surface area contributed by atoms with Crippen LogP contribution >= 0.6 is 0 Å². The summed E-state index contributed by atoms with van der Waals surface area (Å²) in [6, 6.07) is 11.2. The topological polar surface area (TPSA) is 69.5 Å². The van der Waals surface area contributed by atoms with Crippen LogP contribution in [0.1, 0.15) is 61.2 Å². The maximum Gasteiger partial charge on any atom is 0.236 e. The van der Waals surface area contributed by atoms with Crippen LogP contribution in [0, 0.1) is 13.8 Å². The van der Waals surface area contributed by atoms with Gasteiger partial charge in [-0.05, 0) is 87.0 Å². The van der Waals surface area contributed by atoms with Gasteiger partial charge in [-0.25, -0.2) is 9.50 Å². The fourth-order valence-corrected chi connectivity index (χ4v) is 5.50. The highest BCUT2D eigenvalue weighted by atomic mass is 16.2. The highest BCUT2D eigenvalue weighted by Crippen LogP contribution is 2.39. The summed E-state index contributed by atoms with van der Waals surface area (Å²) in [4.78, 5) is 24.3. The van der Waals surface area contributed by atoms with Crippen LogP contribution < -0.4 is 0 Å². The summed E-state index contributed by atoms with van der Waals surface area (Å²) >= 11 is 0. The predicted octanol–water partition coefficient (Wildman–Crippen LogP) is 4.89. The molecule has 0 unspecified atom stereocenters. The number of nitrogens with one attached hydrogen (secondary N) is 1. The zero-order chi connectivity index (χ0) is 24.9. The van der Waals surface area contributed by atoms with Crippen molar-refractivity contribution < 1.29 is 4.79 Å². The number of fused-ring (bicyclic) bond motifs is 2. The zero-order valence-electron chi connectivity index (χ0n) is 21.7. The number of aromatic nitrogens is 4. The smallest absolute Gasteiger partial charge is 0.236 e. The number of nitrogens with zero attached hydrogens (tertiary/aromatic N) is 5. The summed E-state index contributed by atoms with van der Waals surface area (Å²) in [5.41, 5.74) is 8.26. The van der Waals surface area contributed by atoms with Crippen LogP contribution in [0.4, 0.5) is 0 Å². The lowest BCUT2D eigenvalue weighted by molar-refractivity contribution is -0.130. The number of carbonyl (C=O) groups excluding carboxylic acids is 1. The van der Waals surface area contributed by atoms with E-state index in [1.807, 2.05) is 25.5 Å². The maximum atomic E-state index is 12.1. The van der Waals surface area contributed by atoms with E-state index < -0.39 is 0 Å². The molecule has 1 saturated heterocycles. The molecule has 1 fully saturated rings. The van der Waals surface area contributed by atoms with Gasteiger partial charge in [-0.15, -0.1) is 0 Å². The predicted molar refractivity (Wildman–Crippen MR) is 141 cm³/mol. The zero-order valence-corrected chi connectivity index (χ0v) is 21.7. The molecule has 184 valence electrons. The average molecular weight is 473 g/mol. The van der Waals surface area contributed by atoms with Crippen LogP contribution in [0.3, 0.4) is 0 Å². The number of benzene rings is 1. The van der Waals surface area contributed by atoms with Gasteiger partial charge >= 0.3 is 0 Å². The Kier molecular flexibility index (Phi) is 6.13. The van der Waals surface area contributed by atoms with E-state index in [9.17, 15) is 4.79 Å². The van der Waals surface area contributed by atoms with Gasteiger partial charge in [-0.1, -0.05) is 19.9 Å². The minimum atomic E-state index is 0.181. The van der Waals surface area contributed by atoms with Crippen LogP contribution in [0.15, 0.2) is 30.3 Å². The molecule has 0 atom stereocenters. The van der Waals surface area contributed by atoms with Crippen molar-refractivity contribution in [3.63, 3.8) is 0 Å². The van der Waals surface area contributed by atoms with Gasteiger partial charge in [0.2, 0.25) is 5.91 Å². The second kappa shape index (κ2) is 9.11. The summed E-state index contributed by atoms with van der Waals surface area (Å²) in [5.74, 6) is 1.87. The van der Waals surface area contributed by atoms with Gasteiger partial charge in [0.1, 0.15) is 5.82 Å². The van der Waals surface area contributed by atoms with Gasteiger partial charge in [-0.2, -0.15) is 5.10 Å². The van der Waals surface area contributed by atoms with E-state index in [-0.39, 0.29) is 5.91 Å². The van der Waals surface area contributed by atoms with Gasteiger partial charge in [0.15, 0.2) is 5.65 Å². The molecule has 1 aliphatic heterocycles. The number of likely N-dealkylation sites (N-methyl/N-ethyl adjacent to an activating group) is 1. The number of piperidine rings is 1. The van der Waals surface area contributed by atoms with Crippen LogP contribution in [0.25, 0.3) is 27.8 Å². The number of pyridine rings is 1. The van der Waals surface area contributed by atoms with Crippen LogP contribution in [0.2, 0.25) is 0 Å². The first-order valence-electron chi connectivity index (χ1n) is 12.6. The molecule has 35 heavy (non-hydrogen) atoms. The lowest BCUT2D eigenvalue weighted by atomic mass is 9.87. The van der Waals surface area contributed by atoms with Crippen molar-refractivity contribution in [2.45, 2.75) is 52.4 Å². The van der Waals surface area contributed by atoms with Gasteiger partial charge < -0.3 is 9.88 Å². The number of aromatic amines is 1. The molecule has 1 amide bonds. The normalized spacial score (nSPS) is 15.5. The molecule has 1 aromatic carbocycles. The van der Waals surface area contributed by atoms with E-state index in [4.69, 9.17) is 0 Å². The number of hydrogen-bond donors (Lipinski definition) is 1. The Morgan fingerprint density at radius 2 is 1.89 bits per heavy atom. The summed E-state index contributed by atoms with van der Waals surface area (Å²) in [5, 5.41) is 5.91. The molecule has 0 radical (unpaired) electrons. The van der Waals surface area contributed by atoms with Crippen molar-refractivity contribution >= 4 is 22.5 Å². The third-order valence-electron chi connectivity index (χ3n) is 7.47. The lowest BCUT2D eigenvalue weighted by Gasteiger charge is -2.32. The third kappa shape index (κ3) is 4.33. The number of hydrogen-bond acceptors (Lipinski definition) is 4. The fraction of sp³-hybridized carbons (Fsp3) is 0.464. The quantitative estimate of drug-likeness (QED) is 0.449. The van der Waals surface area contributed by atoms with E-state index in [1.165, 1.54) is 33.3 Å². The molecule has 0 aliphatic carbocycles. The Balaban J connectivity index is 1.47. The molecule has 7 heteroatoms. The largest absolute Gasteiger partial charge is 0.354 e. The molecule has 0 saturated carbocycles. The Labute approximate surface area is 207 Å². The highest BCUT2D eigenvalue weighted by Gasteiger charge is 2.24.